The molecule has 3 aromatic carbocycles. The molecular weight excluding hydrogens is 458 g/mol. The molecule has 0 aliphatic carbocycles. The van der Waals surface area contributed by atoms with E-state index in [4.69, 9.17) is 9.47 Å². The van der Waals surface area contributed by atoms with Crippen LogP contribution in [-0.4, -0.2) is 67.9 Å². The van der Waals surface area contributed by atoms with Crippen molar-refractivity contribution >= 4 is 23.2 Å². The molecule has 1 fully saturated rings. The van der Waals surface area contributed by atoms with Crippen LogP contribution in [0, 0.1) is 0 Å². The topological polar surface area (TPSA) is 100 Å². The van der Waals surface area contributed by atoms with E-state index in [0.29, 0.717) is 48.9 Å². The van der Waals surface area contributed by atoms with Gasteiger partial charge in [0.1, 0.15) is 5.75 Å². The maximum Gasteiger partial charge on any atom is 0.255 e. The number of carbonyl (C=O) groups excluding carboxylic acids is 2. The quantitative estimate of drug-likeness (QED) is 0.424. The summed E-state index contributed by atoms with van der Waals surface area (Å²) in [5.74, 6) is 0.0257. The van der Waals surface area contributed by atoms with Crippen LogP contribution in [0.15, 0.2) is 72.8 Å². The number of ether oxygens (including phenoxy) is 2. The number of morpholine rings is 1. The highest BCUT2D eigenvalue weighted by atomic mass is 16.5. The molecule has 0 saturated carbocycles. The van der Waals surface area contributed by atoms with E-state index in [1.807, 2.05) is 47.4 Å². The van der Waals surface area contributed by atoms with Gasteiger partial charge in [0.15, 0.2) is 0 Å². The van der Waals surface area contributed by atoms with Gasteiger partial charge in [-0.1, -0.05) is 42.5 Å². The van der Waals surface area contributed by atoms with Crippen LogP contribution in [0.5, 0.6) is 5.75 Å². The number of methoxy groups -OCH3 is 1. The molecule has 4 rings (SSSR count). The van der Waals surface area contributed by atoms with Crippen molar-refractivity contribution < 1.29 is 24.2 Å². The van der Waals surface area contributed by atoms with Gasteiger partial charge in [-0.3, -0.25) is 14.5 Å². The Hall–Kier alpha value is -3.72. The van der Waals surface area contributed by atoms with E-state index in [9.17, 15) is 14.7 Å². The zero-order valence-electron chi connectivity index (χ0n) is 20.3. The van der Waals surface area contributed by atoms with Crippen LogP contribution >= 0.6 is 0 Å². The molecular formula is C28H31N3O5. The molecule has 0 radical (unpaired) electrons. The molecule has 36 heavy (non-hydrogen) atoms. The molecule has 8 nitrogen and oxygen atoms in total. The second kappa shape index (κ2) is 12.3. The molecule has 1 saturated heterocycles. The van der Waals surface area contributed by atoms with Crippen molar-refractivity contribution in [2.24, 2.45) is 0 Å². The fourth-order valence-corrected chi connectivity index (χ4v) is 4.22. The molecule has 188 valence electrons. The van der Waals surface area contributed by atoms with Crippen molar-refractivity contribution in [3.63, 3.8) is 0 Å². The molecule has 2 amide bonds. The third-order valence-corrected chi connectivity index (χ3v) is 6.14. The summed E-state index contributed by atoms with van der Waals surface area (Å²) in [6.45, 7) is 1.87. The molecule has 3 N–H and O–H groups in total. The number of hydrogen-bond acceptors (Lipinski definition) is 6. The molecule has 3 aromatic rings. The zero-order chi connectivity index (χ0) is 25.3. The predicted octanol–water partition coefficient (Wildman–Crippen LogP) is 3.64. The summed E-state index contributed by atoms with van der Waals surface area (Å²) in [5, 5.41) is 15.1. The lowest BCUT2D eigenvalue weighted by Crippen LogP contribution is -2.48. The number of aliphatic hydroxyl groups excluding tert-OH is 1. The molecule has 0 bridgehead atoms. The maximum atomic E-state index is 12.8. The molecule has 0 unspecified atom stereocenters. The Kier molecular flexibility index (Phi) is 8.67. The largest absolute Gasteiger partial charge is 0.495 e. The average Bonchev–Trinajstić information content (AvgIpc) is 2.91. The standard InChI is InChI=1S/C28H31N3O5/c1-35-26-12-11-23(17-25(26)30-27(33)18-31-14-16-36-19-24(31)13-15-32)29-28(34)22-9-7-21(8-10-22)20-5-3-2-4-6-20/h2-12,17,24,32H,13-16,18-19H2,1H3,(H,29,34)(H,30,33)/t24-/m0/s1. The van der Waals surface area contributed by atoms with Gasteiger partial charge >= 0.3 is 0 Å². The number of anilines is 2. The van der Waals surface area contributed by atoms with Crippen molar-refractivity contribution in [1.82, 2.24) is 4.90 Å². The molecule has 0 aromatic heterocycles. The summed E-state index contributed by atoms with van der Waals surface area (Å²) in [5.41, 5.74) is 3.64. The van der Waals surface area contributed by atoms with Gasteiger partial charge in [-0.2, -0.15) is 0 Å². The summed E-state index contributed by atoms with van der Waals surface area (Å²) >= 11 is 0. The number of nitrogens with one attached hydrogen (secondary N) is 2. The first-order chi connectivity index (χ1) is 17.6. The number of rotatable bonds is 9. The van der Waals surface area contributed by atoms with E-state index < -0.39 is 0 Å². The highest BCUT2D eigenvalue weighted by Gasteiger charge is 2.24. The van der Waals surface area contributed by atoms with Crippen LogP contribution in [0.3, 0.4) is 0 Å². The Labute approximate surface area is 210 Å². The van der Waals surface area contributed by atoms with Gasteiger partial charge in [-0.25, -0.2) is 0 Å². The van der Waals surface area contributed by atoms with Gasteiger partial charge in [0, 0.05) is 30.4 Å². The summed E-state index contributed by atoms with van der Waals surface area (Å²) in [4.78, 5) is 27.7. The fraction of sp³-hybridized carbons (Fsp3) is 0.286. The number of amides is 2. The summed E-state index contributed by atoms with van der Waals surface area (Å²) in [6, 6.07) is 22.5. The number of hydrogen-bond donors (Lipinski definition) is 3. The van der Waals surface area contributed by atoms with Gasteiger partial charge in [0.25, 0.3) is 5.91 Å². The van der Waals surface area contributed by atoms with Crippen LogP contribution in [0.1, 0.15) is 16.8 Å². The van der Waals surface area contributed by atoms with Gasteiger partial charge in [0.2, 0.25) is 5.91 Å². The zero-order valence-corrected chi connectivity index (χ0v) is 20.3. The Morgan fingerprint density at radius 1 is 1.03 bits per heavy atom. The van der Waals surface area contributed by atoms with E-state index in [-0.39, 0.29) is 31.0 Å². The Morgan fingerprint density at radius 3 is 2.50 bits per heavy atom. The lowest BCUT2D eigenvalue weighted by atomic mass is 10.0. The number of benzene rings is 3. The van der Waals surface area contributed by atoms with Crippen LogP contribution in [0.4, 0.5) is 11.4 Å². The van der Waals surface area contributed by atoms with Gasteiger partial charge in [0.05, 0.1) is 32.6 Å². The third kappa shape index (κ3) is 6.48. The molecule has 1 aliphatic heterocycles. The second-order valence-corrected chi connectivity index (χ2v) is 8.57. The van der Waals surface area contributed by atoms with Crippen LogP contribution in [0.25, 0.3) is 11.1 Å². The summed E-state index contributed by atoms with van der Waals surface area (Å²) in [6.07, 6.45) is 0.546. The Balaban J connectivity index is 1.41. The predicted molar refractivity (Wildman–Crippen MR) is 139 cm³/mol. The minimum atomic E-state index is -0.253. The first-order valence-electron chi connectivity index (χ1n) is 11.9. The first kappa shape index (κ1) is 25.4. The Morgan fingerprint density at radius 2 is 1.78 bits per heavy atom. The van der Waals surface area contributed by atoms with Crippen LogP contribution in [-0.2, 0) is 9.53 Å². The SMILES string of the molecule is COc1ccc(NC(=O)c2ccc(-c3ccccc3)cc2)cc1NC(=O)CN1CCOC[C@@H]1CCO. The van der Waals surface area contributed by atoms with E-state index in [1.54, 1.807) is 30.3 Å². The second-order valence-electron chi connectivity index (χ2n) is 8.57. The first-order valence-corrected chi connectivity index (χ1v) is 11.9. The monoisotopic (exact) mass is 489 g/mol. The lowest BCUT2D eigenvalue weighted by Gasteiger charge is -2.34. The summed E-state index contributed by atoms with van der Waals surface area (Å²) in [7, 11) is 1.52. The van der Waals surface area contributed by atoms with E-state index >= 15 is 0 Å². The average molecular weight is 490 g/mol. The number of nitrogens with zero attached hydrogens (tertiary/aromatic N) is 1. The van der Waals surface area contributed by atoms with Gasteiger partial charge in [-0.05, 0) is 47.9 Å². The van der Waals surface area contributed by atoms with Gasteiger partial charge in [-0.15, -0.1) is 0 Å². The number of carbonyl (C=O) groups is 2. The molecule has 0 spiro atoms. The molecule has 1 atom stereocenters. The van der Waals surface area contributed by atoms with Crippen LogP contribution < -0.4 is 15.4 Å². The smallest absolute Gasteiger partial charge is 0.255 e. The molecule has 1 heterocycles. The fourth-order valence-electron chi connectivity index (χ4n) is 4.22. The third-order valence-electron chi connectivity index (χ3n) is 6.14. The lowest BCUT2D eigenvalue weighted by molar-refractivity contribution is -0.119. The van der Waals surface area contributed by atoms with Crippen molar-refractivity contribution in [3.05, 3.63) is 78.4 Å². The van der Waals surface area contributed by atoms with Crippen molar-refractivity contribution in [3.8, 4) is 16.9 Å². The number of aliphatic hydroxyl groups is 1. The molecule has 8 heteroatoms. The van der Waals surface area contributed by atoms with E-state index in [0.717, 1.165) is 11.1 Å². The molecule has 1 aliphatic rings. The highest BCUT2D eigenvalue weighted by molar-refractivity contribution is 6.05. The minimum Gasteiger partial charge on any atom is -0.495 e. The Bertz CT molecular complexity index is 1170. The summed E-state index contributed by atoms with van der Waals surface area (Å²) < 4.78 is 10.9. The van der Waals surface area contributed by atoms with Crippen molar-refractivity contribution in [2.45, 2.75) is 12.5 Å². The van der Waals surface area contributed by atoms with E-state index in [1.165, 1.54) is 7.11 Å². The van der Waals surface area contributed by atoms with Crippen LogP contribution in [0.2, 0.25) is 0 Å². The normalized spacial score (nSPS) is 15.8. The van der Waals surface area contributed by atoms with Gasteiger partial charge < -0.3 is 25.2 Å². The maximum absolute atomic E-state index is 12.8. The van der Waals surface area contributed by atoms with E-state index in [2.05, 4.69) is 10.6 Å². The minimum absolute atomic E-state index is 0.00435. The van der Waals surface area contributed by atoms with Crippen molar-refractivity contribution in [2.75, 3.05) is 50.7 Å². The highest BCUT2D eigenvalue weighted by Crippen LogP contribution is 2.28. The van der Waals surface area contributed by atoms with Crippen molar-refractivity contribution in [1.29, 1.82) is 0 Å².